The van der Waals surface area contributed by atoms with Crippen molar-refractivity contribution in [3.8, 4) is 0 Å². The summed E-state index contributed by atoms with van der Waals surface area (Å²) >= 11 is 6.54. The second-order valence-electron chi connectivity index (χ2n) is 3.20. The lowest BCUT2D eigenvalue weighted by atomic mass is 10.1. The molecule has 0 radical (unpaired) electrons. The van der Waals surface area contributed by atoms with Crippen LogP contribution in [0.15, 0.2) is 39.5 Å². The quantitative estimate of drug-likeness (QED) is 0.775. The Hall–Kier alpha value is -0.810. The van der Waals surface area contributed by atoms with Gasteiger partial charge in [-0.1, -0.05) is 18.2 Å². The normalized spacial score (nSPS) is 10.4. The summed E-state index contributed by atoms with van der Waals surface area (Å²) in [5, 5.41) is 0. The molecule has 1 aromatic heterocycles. The van der Waals surface area contributed by atoms with Crippen LogP contribution < -0.4 is 0 Å². The van der Waals surface area contributed by atoms with Gasteiger partial charge in [-0.3, -0.25) is 0 Å². The fourth-order valence-corrected chi connectivity index (χ4v) is 2.48. The van der Waals surface area contributed by atoms with Crippen LogP contribution in [0.1, 0.15) is 11.4 Å². The molecule has 0 unspecified atom stereocenters. The predicted octanol–water partition coefficient (Wildman–Crippen LogP) is 3.73. The maximum absolute atomic E-state index is 13.4. The maximum Gasteiger partial charge on any atom is 0.135 e. The highest BCUT2D eigenvalue weighted by Crippen LogP contribution is 2.16. The zero-order valence-corrected chi connectivity index (χ0v) is 11.3. The highest BCUT2D eigenvalue weighted by Gasteiger charge is 2.06. The van der Waals surface area contributed by atoms with Gasteiger partial charge < -0.3 is 0 Å². The molecular formula is C11H7Br2FN2. The number of hydrogen-bond donors (Lipinski definition) is 0. The summed E-state index contributed by atoms with van der Waals surface area (Å²) < 4.78 is 14.8. The van der Waals surface area contributed by atoms with E-state index in [2.05, 4.69) is 41.8 Å². The van der Waals surface area contributed by atoms with Crippen molar-refractivity contribution in [2.75, 3.05) is 0 Å². The van der Waals surface area contributed by atoms with Crippen molar-refractivity contribution in [1.82, 2.24) is 9.97 Å². The van der Waals surface area contributed by atoms with Gasteiger partial charge in [-0.2, -0.15) is 0 Å². The minimum Gasteiger partial charge on any atom is -0.226 e. The van der Waals surface area contributed by atoms with Crippen molar-refractivity contribution in [2.24, 2.45) is 0 Å². The molecule has 2 rings (SSSR count). The predicted molar refractivity (Wildman–Crippen MR) is 66.6 cm³/mol. The molecule has 2 aromatic rings. The molecule has 0 fully saturated rings. The average Bonchev–Trinajstić information content (AvgIpc) is 2.20. The van der Waals surface area contributed by atoms with Gasteiger partial charge in [-0.25, -0.2) is 14.4 Å². The Morgan fingerprint density at radius 1 is 1.06 bits per heavy atom. The van der Waals surface area contributed by atoms with Crippen molar-refractivity contribution in [1.29, 1.82) is 0 Å². The molecule has 82 valence electrons. The minimum absolute atomic E-state index is 0.234. The molecule has 2 nitrogen and oxygen atoms in total. The van der Waals surface area contributed by atoms with Crippen LogP contribution in [0.25, 0.3) is 0 Å². The summed E-state index contributed by atoms with van der Waals surface area (Å²) in [5.74, 6) is 0.341. The van der Waals surface area contributed by atoms with Gasteiger partial charge >= 0.3 is 0 Å². The summed E-state index contributed by atoms with van der Waals surface area (Å²) in [6, 6.07) is 8.36. The molecule has 5 heteroatoms. The monoisotopic (exact) mass is 344 g/mol. The van der Waals surface area contributed by atoms with Crippen LogP contribution in [0, 0.1) is 5.82 Å². The number of nitrogens with zero attached hydrogens (tertiary/aromatic N) is 2. The smallest absolute Gasteiger partial charge is 0.135 e. The third-order valence-corrected chi connectivity index (χ3v) is 2.83. The number of halogens is 3. The van der Waals surface area contributed by atoms with E-state index in [-0.39, 0.29) is 5.82 Å². The lowest BCUT2D eigenvalue weighted by Gasteiger charge is -2.03. The second kappa shape index (κ2) is 5.01. The molecular weight excluding hydrogens is 339 g/mol. The van der Waals surface area contributed by atoms with Gasteiger partial charge in [0.05, 0.1) is 0 Å². The summed E-state index contributed by atoms with van der Waals surface area (Å²) in [4.78, 5) is 8.36. The topological polar surface area (TPSA) is 25.8 Å². The van der Waals surface area contributed by atoms with Crippen molar-refractivity contribution in [2.45, 2.75) is 6.42 Å². The van der Waals surface area contributed by atoms with Crippen molar-refractivity contribution >= 4 is 31.9 Å². The van der Waals surface area contributed by atoms with E-state index in [4.69, 9.17) is 0 Å². The van der Waals surface area contributed by atoms with E-state index in [1.165, 1.54) is 6.07 Å². The van der Waals surface area contributed by atoms with E-state index in [0.717, 1.165) is 0 Å². The van der Waals surface area contributed by atoms with Gasteiger partial charge in [-0.15, -0.1) is 0 Å². The van der Waals surface area contributed by atoms with E-state index in [1.54, 1.807) is 24.3 Å². The van der Waals surface area contributed by atoms with E-state index in [0.29, 0.717) is 27.0 Å². The van der Waals surface area contributed by atoms with Crippen molar-refractivity contribution in [3.63, 3.8) is 0 Å². The van der Waals surface area contributed by atoms with E-state index >= 15 is 0 Å². The van der Waals surface area contributed by atoms with Gasteiger partial charge in [0, 0.05) is 12.5 Å². The first-order valence-electron chi connectivity index (χ1n) is 4.57. The molecule has 0 atom stereocenters. The standard InChI is InChI=1S/C11H7Br2FN2/c12-9-6-10(13)16-11(15-9)5-7-3-1-2-4-8(7)14/h1-4,6H,5H2. The van der Waals surface area contributed by atoms with Gasteiger partial charge in [-0.05, 0) is 43.5 Å². The summed E-state index contributed by atoms with van der Waals surface area (Å²) in [6.07, 6.45) is 0.380. The molecule has 0 amide bonds. The minimum atomic E-state index is -0.234. The highest BCUT2D eigenvalue weighted by molar-refractivity contribution is 9.11. The maximum atomic E-state index is 13.4. The Morgan fingerprint density at radius 2 is 1.69 bits per heavy atom. The Bertz CT molecular complexity index is 497. The molecule has 0 aliphatic carbocycles. The van der Waals surface area contributed by atoms with Crippen LogP contribution in [0.5, 0.6) is 0 Å². The number of hydrogen-bond acceptors (Lipinski definition) is 2. The molecule has 0 aliphatic heterocycles. The molecule has 0 spiro atoms. The molecule has 16 heavy (non-hydrogen) atoms. The number of benzene rings is 1. The van der Waals surface area contributed by atoms with Crippen LogP contribution in [0.4, 0.5) is 4.39 Å². The first-order valence-corrected chi connectivity index (χ1v) is 6.16. The van der Waals surface area contributed by atoms with Crippen LogP contribution in [-0.4, -0.2) is 9.97 Å². The third kappa shape index (κ3) is 2.86. The lowest BCUT2D eigenvalue weighted by Crippen LogP contribution is -1.99. The van der Waals surface area contributed by atoms with Gasteiger partial charge in [0.25, 0.3) is 0 Å². The van der Waals surface area contributed by atoms with Gasteiger partial charge in [0.15, 0.2) is 0 Å². The Morgan fingerprint density at radius 3 is 2.31 bits per heavy atom. The van der Waals surface area contributed by atoms with Gasteiger partial charge in [0.1, 0.15) is 20.8 Å². The Kier molecular flexibility index (Phi) is 3.66. The molecule has 0 saturated heterocycles. The van der Waals surface area contributed by atoms with Crippen molar-refractivity contribution in [3.05, 3.63) is 56.7 Å². The lowest BCUT2D eigenvalue weighted by molar-refractivity contribution is 0.612. The van der Waals surface area contributed by atoms with Crippen LogP contribution in [-0.2, 0) is 6.42 Å². The van der Waals surface area contributed by atoms with E-state index in [9.17, 15) is 4.39 Å². The summed E-state index contributed by atoms with van der Waals surface area (Å²) in [7, 11) is 0. The summed E-state index contributed by atoms with van der Waals surface area (Å²) in [6.45, 7) is 0. The molecule has 1 aromatic carbocycles. The molecule has 0 aliphatic rings. The molecule has 0 N–H and O–H groups in total. The number of aromatic nitrogens is 2. The van der Waals surface area contributed by atoms with Crippen LogP contribution >= 0.6 is 31.9 Å². The second-order valence-corrected chi connectivity index (χ2v) is 4.82. The van der Waals surface area contributed by atoms with Crippen LogP contribution in [0.2, 0.25) is 0 Å². The largest absolute Gasteiger partial charge is 0.226 e. The average molecular weight is 346 g/mol. The Balaban J connectivity index is 2.30. The fraction of sp³-hybridized carbons (Fsp3) is 0.0909. The number of rotatable bonds is 2. The fourth-order valence-electron chi connectivity index (χ4n) is 1.33. The summed E-state index contributed by atoms with van der Waals surface area (Å²) in [5.41, 5.74) is 0.590. The molecule has 0 bridgehead atoms. The van der Waals surface area contributed by atoms with Crippen LogP contribution in [0.3, 0.4) is 0 Å². The first-order chi connectivity index (χ1) is 7.65. The zero-order valence-electron chi connectivity index (χ0n) is 8.12. The SMILES string of the molecule is Fc1ccccc1Cc1nc(Br)cc(Br)n1. The van der Waals surface area contributed by atoms with E-state index < -0.39 is 0 Å². The molecule has 0 saturated carbocycles. The highest BCUT2D eigenvalue weighted by atomic mass is 79.9. The molecule has 1 heterocycles. The van der Waals surface area contributed by atoms with Crippen molar-refractivity contribution < 1.29 is 4.39 Å². The Labute approximate surface area is 109 Å². The zero-order chi connectivity index (χ0) is 11.5. The van der Waals surface area contributed by atoms with Gasteiger partial charge in [0.2, 0.25) is 0 Å². The third-order valence-electron chi connectivity index (χ3n) is 2.02. The first kappa shape index (κ1) is 11.7. The van der Waals surface area contributed by atoms with E-state index in [1.807, 2.05) is 0 Å².